The van der Waals surface area contributed by atoms with Crippen LogP contribution in [-0.4, -0.2) is 71.9 Å². The summed E-state index contributed by atoms with van der Waals surface area (Å²) < 4.78 is 11.2. The van der Waals surface area contributed by atoms with Gasteiger partial charge in [-0.1, -0.05) is 0 Å². The Bertz CT molecular complexity index is 1230. The molecule has 2 aromatic carbocycles. The van der Waals surface area contributed by atoms with E-state index in [1.165, 1.54) is 6.07 Å². The van der Waals surface area contributed by atoms with Gasteiger partial charge >= 0.3 is 0 Å². The second-order valence-electron chi connectivity index (χ2n) is 7.46. The number of aliphatic hydroxyl groups excluding tert-OH is 4. The molecule has 1 aliphatic rings. The van der Waals surface area contributed by atoms with Gasteiger partial charge in [-0.05, 0) is 18.2 Å². The topological polar surface area (TPSA) is 201 Å². The van der Waals surface area contributed by atoms with Gasteiger partial charge in [0.25, 0.3) is 0 Å². The summed E-state index contributed by atoms with van der Waals surface area (Å²) in [6.45, 7) is -0.722. The molecule has 0 spiro atoms. The van der Waals surface area contributed by atoms with Crippen molar-refractivity contribution in [1.82, 2.24) is 0 Å². The maximum absolute atomic E-state index is 12.8. The summed E-state index contributed by atoms with van der Waals surface area (Å²) in [4.78, 5) is 12.8. The molecule has 0 radical (unpaired) electrons. The Morgan fingerprint density at radius 3 is 2.19 bits per heavy atom. The zero-order valence-electron chi connectivity index (χ0n) is 16.3. The maximum Gasteiger partial charge on any atom is 0.197 e. The number of aromatic hydroxyl groups is 4. The molecule has 5 atom stereocenters. The summed E-state index contributed by atoms with van der Waals surface area (Å²) in [7, 11) is 0. The molecule has 1 fully saturated rings. The third kappa shape index (κ3) is 3.42. The van der Waals surface area contributed by atoms with E-state index in [9.17, 15) is 45.6 Å². The number of phenols is 4. The predicted molar refractivity (Wildman–Crippen MR) is 107 cm³/mol. The largest absolute Gasteiger partial charge is 0.507 e. The normalized spacial score (nSPS) is 25.8. The Morgan fingerprint density at radius 1 is 0.812 bits per heavy atom. The van der Waals surface area contributed by atoms with Gasteiger partial charge in [0.1, 0.15) is 53.2 Å². The van der Waals surface area contributed by atoms with Crippen LogP contribution in [0.15, 0.2) is 39.5 Å². The molecule has 11 nitrogen and oxygen atoms in total. The fourth-order valence-corrected chi connectivity index (χ4v) is 3.76. The van der Waals surface area contributed by atoms with Crippen LogP contribution in [0, 0.1) is 0 Å². The van der Waals surface area contributed by atoms with E-state index in [-0.39, 0.29) is 27.9 Å². The first-order valence-corrected chi connectivity index (χ1v) is 9.49. The predicted octanol–water partition coefficient (Wildman–Crippen LogP) is -0.203. The first kappa shape index (κ1) is 21.9. The van der Waals surface area contributed by atoms with Crippen molar-refractivity contribution in [1.29, 1.82) is 0 Å². The highest BCUT2D eigenvalue weighted by molar-refractivity contribution is 5.89. The van der Waals surface area contributed by atoms with Crippen molar-refractivity contribution in [2.45, 2.75) is 30.5 Å². The minimum atomic E-state index is -1.79. The molecule has 170 valence electrons. The minimum absolute atomic E-state index is 0.117. The molecule has 8 N–H and O–H groups in total. The molecule has 0 saturated carbocycles. The van der Waals surface area contributed by atoms with E-state index in [2.05, 4.69) is 0 Å². The van der Waals surface area contributed by atoms with Crippen molar-refractivity contribution < 1.29 is 50.0 Å². The van der Waals surface area contributed by atoms with Crippen LogP contribution in [0.2, 0.25) is 0 Å². The third-order valence-corrected chi connectivity index (χ3v) is 5.43. The Labute approximate surface area is 179 Å². The molecule has 1 aromatic heterocycles. The fourth-order valence-electron chi connectivity index (χ4n) is 3.76. The van der Waals surface area contributed by atoms with Crippen LogP contribution in [0.4, 0.5) is 0 Å². The Hall–Kier alpha value is -3.35. The molecule has 1 saturated heterocycles. The fraction of sp³-hybridized carbons (Fsp3) is 0.286. The molecule has 1 aliphatic heterocycles. The van der Waals surface area contributed by atoms with Crippen LogP contribution in [0.25, 0.3) is 22.3 Å². The van der Waals surface area contributed by atoms with Crippen molar-refractivity contribution in [3.8, 4) is 34.3 Å². The zero-order valence-corrected chi connectivity index (χ0v) is 16.3. The van der Waals surface area contributed by atoms with Crippen molar-refractivity contribution in [3.05, 3.63) is 46.1 Å². The molecule has 11 heteroatoms. The highest BCUT2D eigenvalue weighted by Gasteiger charge is 2.46. The third-order valence-electron chi connectivity index (χ3n) is 5.43. The lowest BCUT2D eigenvalue weighted by Gasteiger charge is -2.40. The zero-order chi connectivity index (χ0) is 23.3. The van der Waals surface area contributed by atoms with E-state index in [0.29, 0.717) is 0 Å². The molecule has 0 aliphatic carbocycles. The molecule has 3 aromatic rings. The monoisotopic (exact) mass is 448 g/mol. The van der Waals surface area contributed by atoms with E-state index in [0.717, 1.165) is 24.3 Å². The molecule has 32 heavy (non-hydrogen) atoms. The number of hydrogen-bond donors (Lipinski definition) is 8. The Kier molecular flexibility index (Phi) is 5.44. The second-order valence-corrected chi connectivity index (χ2v) is 7.46. The first-order chi connectivity index (χ1) is 15.1. The first-order valence-electron chi connectivity index (χ1n) is 9.49. The average Bonchev–Trinajstić information content (AvgIpc) is 2.74. The van der Waals surface area contributed by atoms with Crippen molar-refractivity contribution >= 4 is 11.0 Å². The Morgan fingerprint density at radius 2 is 1.53 bits per heavy atom. The lowest BCUT2D eigenvalue weighted by atomic mass is 9.89. The number of benzene rings is 2. The molecule has 0 amide bonds. The lowest BCUT2D eigenvalue weighted by Crippen LogP contribution is -2.55. The standard InChI is InChI=1S/C21H20O11/c22-6-14-17(28)18(29)19(30)21(32-14)16-11(26)4-10(25)15-12(27)5-13(31-20(15)16)7-1-2-8(23)9(24)3-7/h1-5,14,17-19,21-26,28-30H,6H2/t14-,17-,18+,19-,21+/m0/s1. The number of hydrogen-bond acceptors (Lipinski definition) is 11. The van der Waals surface area contributed by atoms with Crippen LogP contribution in [0.1, 0.15) is 11.7 Å². The average molecular weight is 448 g/mol. The van der Waals surface area contributed by atoms with Gasteiger partial charge in [0, 0.05) is 17.7 Å². The van der Waals surface area contributed by atoms with Gasteiger partial charge in [-0.2, -0.15) is 0 Å². The van der Waals surface area contributed by atoms with Crippen LogP contribution in [0.3, 0.4) is 0 Å². The lowest BCUT2D eigenvalue weighted by molar-refractivity contribution is -0.231. The summed E-state index contributed by atoms with van der Waals surface area (Å²) in [5.74, 6) is -2.28. The summed E-state index contributed by atoms with van der Waals surface area (Å²) in [5.41, 5.74) is -1.27. The smallest absolute Gasteiger partial charge is 0.197 e. The minimum Gasteiger partial charge on any atom is -0.507 e. The molecule has 0 bridgehead atoms. The van der Waals surface area contributed by atoms with E-state index in [1.807, 2.05) is 0 Å². The number of phenolic OH excluding ortho intramolecular Hbond substituents is 4. The highest BCUT2D eigenvalue weighted by Crippen LogP contribution is 2.44. The second kappa shape index (κ2) is 7.97. The van der Waals surface area contributed by atoms with Gasteiger partial charge in [0.05, 0.1) is 12.2 Å². The van der Waals surface area contributed by atoms with E-state index >= 15 is 0 Å². The molecular formula is C21H20O11. The van der Waals surface area contributed by atoms with E-state index in [4.69, 9.17) is 9.15 Å². The molecule has 2 heterocycles. The summed E-state index contributed by atoms with van der Waals surface area (Å²) in [5, 5.41) is 79.7. The highest BCUT2D eigenvalue weighted by atomic mass is 16.5. The van der Waals surface area contributed by atoms with Crippen LogP contribution in [-0.2, 0) is 4.74 Å². The van der Waals surface area contributed by atoms with Crippen molar-refractivity contribution in [2.75, 3.05) is 6.61 Å². The van der Waals surface area contributed by atoms with Gasteiger partial charge in [-0.25, -0.2) is 0 Å². The molecule has 0 unspecified atom stereocenters. The van der Waals surface area contributed by atoms with Gasteiger partial charge in [0.15, 0.2) is 22.5 Å². The van der Waals surface area contributed by atoms with Crippen LogP contribution >= 0.6 is 0 Å². The summed E-state index contributed by atoms with van der Waals surface area (Å²) in [6.07, 6.45) is -8.07. The Balaban J connectivity index is 1.97. The summed E-state index contributed by atoms with van der Waals surface area (Å²) >= 11 is 0. The van der Waals surface area contributed by atoms with Crippen LogP contribution in [0.5, 0.6) is 23.0 Å². The molecule has 4 rings (SSSR count). The van der Waals surface area contributed by atoms with Crippen molar-refractivity contribution in [2.24, 2.45) is 0 Å². The van der Waals surface area contributed by atoms with E-state index in [1.54, 1.807) is 0 Å². The van der Waals surface area contributed by atoms with Gasteiger partial charge < -0.3 is 50.0 Å². The van der Waals surface area contributed by atoms with Gasteiger partial charge in [-0.3, -0.25) is 4.79 Å². The number of rotatable bonds is 3. The molecular weight excluding hydrogens is 428 g/mol. The SMILES string of the molecule is O=c1cc(-c2ccc(O)c(O)c2)oc2c([C@H]3O[C@@H](CO)[C@H](O)[C@@H](O)[C@@H]3O)c(O)cc(O)c12. The number of aliphatic hydroxyl groups is 4. The van der Waals surface area contributed by atoms with Crippen LogP contribution < -0.4 is 5.43 Å². The van der Waals surface area contributed by atoms with Gasteiger partial charge in [0.2, 0.25) is 0 Å². The van der Waals surface area contributed by atoms with Crippen molar-refractivity contribution in [3.63, 3.8) is 0 Å². The number of ether oxygens (including phenoxy) is 1. The summed E-state index contributed by atoms with van der Waals surface area (Å²) in [6, 6.07) is 5.47. The quantitative estimate of drug-likeness (QED) is 0.247. The van der Waals surface area contributed by atoms with Gasteiger partial charge in [-0.15, -0.1) is 0 Å². The van der Waals surface area contributed by atoms with E-state index < -0.39 is 65.6 Å². The maximum atomic E-state index is 12.8. The number of fused-ring (bicyclic) bond motifs is 1.